The Hall–Kier alpha value is -0.650. The molecule has 1 N–H and O–H groups in total. The molecule has 0 aliphatic carbocycles. The minimum Gasteiger partial charge on any atom is -0.375 e. The SMILES string of the molecule is CCNC(C)c1cnc(N2CCOC(C)C2)s1. The van der Waals surface area contributed by atoms with Gasteiger partial charge >= 0.3 is 0 Å². The van der Waals surface area contributed by atoms with E-state index >= 15 is 0 Å². The molecule has 1 aliphatic rings. The summed E-state index contributed by atoms with van der Waals surface area (Å²) in [6.07, 6.45) is 2.30. The van der Waals surface area contributed by atoms with E-state index in [1.165, 1.54) is 4.88 Å². The van der Waals surface area contributed by atoms with Crippen LogP contribution in [0.15, 0.2) is 6.20 Å². The molecule has 0 bridgehead atoms. The molecule has 5 heteroatoms. The number of morpholine rings is 1. The van der Waals surface area contributed by atoms with E-state index in [-0.39, 0.29) is 0 Å². The van der Waals surface area contributed by atoms with Gasteiger partial charge in [-0.2, -0.15) is 0 Å². The third-order valence-electron chi connectivity index (χ3n) is 2.96. The molecule has 0 aromatic carbocycles. The molecule has 0 spiro atoms. The van der Waals surface area contributed by atoms with Crippen LogP contribution in [0.5, 0.6) is 0 Å². The van der Waals surface area contributed by atoms with E-state index in [4.69, 9.17) is 4.74 Å². The first-order valence-corrected chi connectivity index (χ1v) is 7.08. The van der Waals surface area contributed by atoms with Crippen molar-refractivity contribution >= 4 is 16.5 Å². The van der Waals surface area contributed by atoms with Crippen LogP contribution in [0.2, 0.25) is 0 Å². The lowest BCUT2D eigenvalue weighted by molar-refractivity contribution is 0.0532. The summed E-state index contributed by atoms with van der Waals surface area (Å²) in [7, 11) is 0. The molecule has 2 atom stereocenters. The number of rotatable bonds is 4. The largest absolute Gasteiger partial charge is 0.375 e. The fourth-order valence-corrected chi connectivity index (χ4v) is 3.00. The Morgan fingerprint density at radius 2 is 2.53 bits per heavy atom. The van der Waals surface area contributed by atoms with E-state index in [1.807, 2.05) is 6.20 Å². The predicted octanol–water partition coefficient (Wildman–Crippen LogP) is 2.04. The highest BCUT2D eigenvalue weighted by Crippen LogP contribution is 2.28. The molecule has 2 rings (SSSR count). The van der Waals surface area contributed by atoms with Crippen LogP contribution in [0.25, 0.3) is 0 Å². The summed E-state index contributed by atoms with van der Waals surface area (Å²) in [6.45, 7) is 10.1. The van der Waals surface area contributed by atoms with Gasteiger partial charge in [0.05, 0.1) is 12.7 Å². The Morgan fingerprint density at radius 3 is 3.24 bits per heavy atom. The number of nitrogens with zero attached hydrogens (tertiary/aromatic N) is 2. The molecule has 17 heavy (non-hydrogen) atoms. The molecule has 1 aromatic rings. The predicted molar refractivity (Wildman–Crippen MR) is 71.8 cm³/mol. The maximum Gasteiger partial charge on any atom is 0.185 e. The summed E-state index contributed by atoms with van der Waals surface area (Å²) in [6, 6.07) is 0.393. The van der Waals surface area contributed by atoms with Crippen molar-refractivity contribution in [3.8, 4) is 0 Å². The highest BCUT2D eigenvalue weighted by Gasteiger charge is 2.20. The number of anilines is 1. The molecule has 1 fully saturated rings. The second kappa shape index (κ2) is 5.80. The van der Waals surface area contributed by atoms with Gasteiger partial charge in [0, 0.05) is 30.2 Å². The lowest BCUT2D eigenvalue weighted by Crippen LogP contribution is -2.41. The van der Waals surface area contributed by atoms with Crippen LogP contribution in [0, 0.1) is 0 Å². The summed E-state index contributed by atoms with van der Waals surface area (Å²) >= 11 is 1.79. The van der Waals surface area contributed by atoms with Gasteiger partial charge in [-0.25, -0.2) is 4.98 Å². The van der Waals surface area contributed by atoms with Gasteiger partial charge in [0.2, 0.25) is 0 Å². The molecule has 2 heterocycles. The number of thiazole rings is 1. The molecule has 0 radical (unpaired) electrons. The third kappa shape index (κ3) is 3.18. The smallest absolute Gasteiger partial charge is 0.185 e. The zero-order chi connectivity index (χ0) is 12.3. The van der Waals surface area contributed by atoms with Gasteiger partial charge in [0.15, 0.2) is 5.13 Å². The second-order valence-electron chi connectivity index (χ2n) is 4.45. The van der Waals surface area contributed by atoms with Crippen molar-refractivity contribution in [3.63, 3.8) is 0 Å². The van der Waals surface area contributed by atoms with Gasteiger partial charge in [0.25, 0.3) is 0 Å². The summed E-state index contributed by atoms with van der Waals surface area (Å²) in [5.41, 5.74) is 0. The molecule has 2 unspecified atom stereocenters. The fourth-order valence-electron chi connectivity index (χ4n) is 2.02. The van der Waals surface area contributed by atoms with Gasteiger partial charge in [-0.15, -0.1) is 11.3 Å². The standard InChI is InChI=1S/C12H21N3OS/c1-4-13-10(3)11-7-14-12(17-11)15-5-6-16-9(2)8-15/h7,9-10,13H,4-6,8H2,1-3H3. The van der Waals surface area contributed by atoms with Crippen molar-refractivity contribution in [2.24, 2.45) is 0 Å². The molecule has 96 valence electrons. The van der Waals surface area contributed by atoms with Crippen molar-refractivity contribution in [2.75, 3.05) is 31.1 Å². The van der Waals surface area contributed by atoms with Crippen molar-refractivity contribution in [2.45, 2.75) is 32.9 Å². The number of hydrogen-bond acceptors (Lipinski definition) is 5. The Labute approximate surface area is 107 Å². The third-order valence-corrected chi connectivity index (χ3v) is 4.20. The van der Waals surface area contributed by atoms with Gasteiger partial charge < -0.3 is 15.0 Å². The number of aromatic nitrogens is 1. The van der Waals surface area contributed by atoms with Crippen molar-refractivity contribution in [1.82, 2.24) is 10.3 Å². The van der Waals surface area contributed by atoms with Gasteiger partial charge in [-0.1, -0.05) is 6.92 Å². The van der Waals surface area contributed by atoms with Gasteiger partial charge in [-0.3, -0.25) is 0 Å². The number of hydrogen-bond donors (Lipinski definition) is 1. The summed E-state index contributed by atoms with van der Waals surface area (Å²) in [5.74, 6) is 0. The van der Waals surface area contributed by atoms with Gasteiger partial charge in [0.1, 0.15) is 0 Å². The maximum absolute atomic E-state index is 5.55. The minimum atomic E-state index is 0.308. The summed E-state index contributed by atoms with van der Waals surface area (Å²) < 4.78 is 5.55. The molecular formula is C12H21N3OS. The molecule has 0 amide bonds. The zero-order valence-electron chi connectivity index (χ0n) is 10.8. The minimum absolute atomic E-state index is 0.308. The Bertz CT molecular complexity index is 355. The molecule has 0 saturated carbocycles. The van der Waals surface area contributed by atoms with E-state index in [0.717, 1.165) is 31.4 Å². The van der Waals surface area contributed by atoms with E-state index < -0.39 is 0 Å². The summed E-state index contributed by atoms with van der Waals surface area (Å²) in [4.78, 5) is 8.15. The van der Waals surface area contributed by atoms with E-state index in [1.54, 1.807) is 11.3 Å². The van der Waals surface area contributed by atoms with Crippen LogP contribution < -0.4 is 10.2 Å². The lowest BCUT2D eigenvalue weighted by Gasteiger charge is -2.30. The molecule has 1 aromatic heterocycles. The molecular weight excluding hydrogens is 234 g/mol. The number of nitrogens with one attached hydrogen (secondary N) is 1. The van der Waals surface area contributed by atoms with Crippen LogP contribution in [0.3, 0.4) is 0 Å². The Balaban J connectivity index is 2.02. The molecule has 1 saturated heterocycles. The van der Waals surface area contributed by atoms with Crippen molar-refractivity contribution in [3.05, 3.63) is 11.1 Å². The van der Waals surface area contributed by atoms with E-state index in [9.17, 15) is 0 Å². The van der Waals surface area contributed by atoms with E-state index in [2.05, 4.69) is 36.0 Å². The molecule has 1 aliphatic heterocycles. The van der Waals surface area contributed by atoms with Crippen LogP contribution in [0.4, 0.5) is 5.13 Å². The monoisotopic (exact) mass is 255 g/mol. The average Bonchev–Trinajstić information content (AvgIpc) is 2.78. The van der Waals surface area contributed by atoms with Crippen LogP contribution in [-0.4, -0.2) is 37.3 Å². The lowest BCUT2D eigenvalue weighted by atomic mass is 10.3. The second-order valence-corrected chi connectivity index (χ2v) is 5.49. The average molecular weight is 255 g/mol. The summed E-state index contributed by atoms with van der Waals surface area (Å²) in [5, 5.41) is 4.54. The highest BCUT2D eigenvalue weighted by molar-refractivity contribution is 7.15. The van der Waals surface area contributed by atoms with Crippen molar-refractivity contribution < 1.29 is 4.74 Å². The quantitative estimate of drug-likeness (QED) is 0.893. The number of ether oxygens (including phenoxy) is 1. The fraction of sp³-hybridized carbons (Fsp3) is 0.750. The maximum atomic E-state index is 5.55. The van der Waals surface area contributed by atoms with Crippen molar-refractivity contribution in [1.29, 1.82) is 0 Å². The van der Waals surface area contributed by atoms with Gasteiger partial charge in [-0.05, 0) is 20.4 Å². The normalized spacial score (nSPS) is 22.8. The Morgan fingerprint density at radius 1 is 1.71 bits per heavy atom. The van der Waals surface area contributed by atoms with Crippen LogP contribution in [0.1, 0.15) is 31.7 Å². The van der Waals surface area contributed by atoms with E-state index in [0.29, 0.717) is 12.1 Å². The first-order valence-electron chi connectivity index (χ1n) is 6.26. The first kappa shape index (κ1) is 12.8. The topological polar surface area (TPSA) is 37.4 Å². The Kier molecular flexibility index (Phi) is 4.36. The molecule has 4 nitrogen and oxygen atoms in total. The highest BCUT2D eigenvalue weighted by atomic mass is 32.1. The van der Waals surface area contributed by atoms with Crippen LogP contribution in [-0.2, 0) is 4.74 Å². The van der Waals surface area contributed by atoms with Crippen LogP contribution >= 0.6 is 11.3 Å². The zero-order valence-corrected chi connectivity index (χ0v) is 11.6. The first-order chi connectivity index (χ1) is 8.20.